The van der Waals surface area contributed by atoms with Crippen molar-refractivity contribution >= 4 is 28.1 Å². The van der Waals surface area contributed by atoms with Crippen molar-refractivity contribution in [2.45, 2.75) is 0 Å². The molecule has 2 N–H and O–H groups in total. The van der Waals surface area contributed by atoms with Crippen molar-refractivity contribution in [3.63, 3.8) is 0 Å². The highest BCUT2D eigenvalue weighted by Crippen LogP contribution is 2.27. The summed E-state index contributed by atoms with van der Waals surface area (Å²) in [5, 5.41) is 14.8. The minimum absolute atomic E-state index is 0. The number of aromatic carboxylic acids is 1. The van der Waals surface area contributed by atoms with Crippen LogP contribution < -0.4 is 22.3 Å². The van der Waals surface area contributed by atoms with Gasteiger partial charge in [-0.1, -0.05) is 30.3 Å². The summed E-state index contributed by atoms with van der Waals surface area (Å²) < 4.78 is 0. The monoisotopic (exact) mass is 375 g/mol. The van der Waals surface area contributed by atoms with Crippen LogP contribution in [0.15, 0.2) is 60.0 Å². The number of halogens is 1. The molecule has 0 aliphatic heterocycles. The van der Waals surface area contributed by atoms with Crippen LogP contribution in [-0.4, -0.2) is 16.1 Å². The van der Waals surface area contributed by atoms with Crippen LogP contribution in [0.25, 0.3) is 11.3 Å². The molecule has 0 fully saturated rings. The summed E-state index contributed by atoms with van der Waals surface area (Å²) in [4.78, 5) is 15.3. The fourth-order valence-corrected chi connectivity index (χ4v) is 2.63. The van der Waals surface area contributed by atoms with E-state index in [-0.39, 0.29) is 22.5 Å². The topological polar surface area (TPSA) is 62.2 Å². The molecule has 0 saturated heterocycles. The summed E-state index contributed by atoms with van der Waals surface area (Å²) in [6, 6.07) is 16.5. The maximum Gasteiger partial charge on any atom is 0.335 e. The molecule has 3 aromatic rings. The first-order valence-electron chi connectivity index (χ1n) is 6.34. The number of carbonyl (C=O) groups is 1. The Kier molecular flexibility index (Phi) is 5.30. The molecule has 3 rings (SSSR count). The molecule has 22 heavy (non-hydrogen) atoms. The minimum Gasteiger partial charge on any atom is -1.00 e. The number of carboxylic acids is 1. The van der Waals surface area contributed by atoms with Gasteiger partial charge in [-0.2, -0.15) is 0 Å². The second kappa shape index (κ2) is 7.20. The van der Waals surface area contributed by atoms with E-state index >= 15 is 0 Å². The number of benzene rings is 2. The lowest BCUT2D eigenvalue weighted by Crippen LogP contribution is -3.00. The molecule has 2 aromatic carbocycles. The fourth-order valence-electron chi connectivity index (χ4n) is 1.89. The van der Waals surface area contributed by atoms with Crippen molar-refractivity contribution in [3.05, 3.63) is 65.5 Å². The number of nitrogens with zero attached hydrogens (tertiary/aromatic N) is 1. The Morgan fingerprint density at radius 1 is 1.05 bits per heavy atom. The van der Waals surface area contributed by atoms with Gasteiger partial charge in [-0.05, 0) is 24.3 Å². The zero-order valence-electron chi connectivity index (χ0n) is 11.4. The van der Waals surface area contributed by atoms with Crippen molar-refractivity contribution in [3.8, 4) is 11.3 Å². The van der Waals surface area contributed by atoms with Crippen molar-refractivity contribution < 1.29 is 26.9 Å². The van der Waals surface area contributed by atoms with E-state index in [1.165, 1.54) is 11.3 Å². The smallest absolute Gasteiger partial charge is 0.335 e. The van der Waals surface area contributed by atoms with Gasteiger partial charge in [0.15, 0.2) is 5.13 Å². The normalized spacial score (nSPS) is 9.82. The highest BCUT2D eigenvalue weighted by molar-refractivity contribution is 7.14. The number of nitrogens with one attached hydrogen (secondary N) is 1. The number of hydrogen-bond donors (Lipinski definition) is 2. The van der Waals surface area contributed by atoms with E-state index in [1.807, 2.05) is 35.7 Å². The van der Waals surface area contributed by atoms with E-state index in [4.69, 9.17) is 5.11 Å². The lowest BCUT2D eigenvalue weighted by molar-refractivity contribution is -0.0000196. The summed E-state index contributed by atoms with van der Waals surface area (Å²) in [6.07, 6.45) is 0. The molecule has 112 valence electrons. The van der Waals surface area contributed by atoms with Gasteiger partial charge in [0.05, 0.1) is 11.3 Å². The van der Waals surface area contributed by atoms with Crippen LogP contribution in [0.4, 0.5) is 10.8 Å². The summed E-state index contributed by atoms with van der Waals surface area (Å²) in [7, 11) is 0. The Morgan fingerprint density at radius 3 is 2.36 bits per heavy atom. The molecule has 0 radical (unpaired) electrons. The Morgan fingerprint density at radius 2 is 1.73 bits per heavy atom. The molecule has 6 heteroatoms. The summed E-state index contributed by atoms with van der Waals surface area (Å²) in [5.74, 6) is -0.929. The molecule has 1 aromatic heterocycles. The number of carboxylic acid groups (broad SMARTS) is 1. The summed E-state index contributed by atoms with van der Waals surface area (Å²) in [6.45, 7) is 0. The molecule has 0 atom stereocenters. The van der Waals surface area contributed by atoms with E-state index < -0.39 is 5.97 Å². The second-order valence-corrected chi connectivity index (χ2v) is 5.27. The van der Waals surface area contributed by atoms with Crippen molar-refractivity contribution in [2.75, 3.05) is 5.32 Å². The van der Waals surface area contributed by atoms with Crippen LogP contribution in [0.2, 0.25) is 0 Å². The van der Waals surface area contributed by atoms with E-state index in [9.17, 15) is 4.79 Å². The predicted octanol–water partition coefficient (Wildman–Crippen LogP) is 1.26. The second-order valence-electron chi connectivity index (χ2n) is 4.41. The Bertz CT molecular complexity index is 757. The van der Waals surface area contributed by atoms with Crippen LogP contribution in [0, 0.1) is 0 Å². The van der Waals surface area contributed by atoms with Gasteiger partial charge in [0.1, 0.15) is 0 Å². The highest BCUT2D eigenvalue weighted by Gasteiger charge is 2.05. The number of aromatic nitrogens is 1. The molecule has 0 saturated carbocycles. The first-order valence-corrected chi connectivity index (χ1v) is 7.22. The largest absolute Gasteiger partial charge is 1.00 e. The number of anilines is 2. The van der Waals surface area contributed by atoms with E-state index in [2.05, 4.69) is 10.3 Å². The Labute approximate surface area is 142 Å². The zero-order valence-corrected chi connectivity index (χ0v) is 13.8. The number of hydrogen-bond acceptors (Lipinski definition) is 4. The maximum absolute atomic E-state index is 10.8. The first kappa shape index (κ1) is 16.2. The molecule has 0 bridgehead atoms. The third-order valence-electron chi connectivity index (χ3n) is 2.96. The molecule has 0 unspecified atom stereocenters. The average Bonchev–Trinajstić information content (AvgIpc) is 2.97. The van der Waals surface area contributed by atoms with Gasteiger partial charge < -0.3 is 27.4 Å². The van der Waals surface area contributed by atoms with E-state index in [1.54, 1.807) is 24.3 Å². The third kappa shape index (κ3) is 3.72. The van der Waals surface area contributed by atoms with Crippen LogP contribution in [0.5, 0.6) is 0 Å². The quantitative estimate of drug-likeness (QED) is 0.720. The lowest BCUT2D eigenvalue weighted by Gasteiger charge is -2.02. The van der Waals surface area contributed by atoms with Crippen LogP contribution in [0.3, 0.4) is 0 Å². The van der Waals surface area contributed by atoms with Gasteiger partial charge >= 0.3 is 5.97 Å². The van der Waals surface area contributed by atoms with Crippen molar-refractivity contribution in [1.29, 1.82) is 0 Å². The van der Waals surface area contributed by atoms with Gasteiger partial charge in [0, 0.05) is 16.6 Å². The standard InChI is InChI=1S/C16H12N2O2S.BrH/c19-15(20)12-6-8-13(9-7-12)17-16-18-14(10-21-16)11-4-2-1-3-5-11;/h1-10H,(H,17,18)(H,19,20);1H/p-1. The molecule has 1 heterocycles. The number of thiazole rings is 1. The third-order valence-corrected chi connectivity index (χ3v) is 3.71. The fraction of sp³-hybridized carbons (Fsp3) is 0. The predicted molar refractivity (Wildman–Crippen MR) is 84.2 cm³/mol. The molecular formula is C16H12BrN2O2S-. The van der Waals surface area contributed by atoms with Gasteiger partial charge in [-0.15, -0.1) is 11.3 Å². The molecule has 0 aliphatic carbocycles. The molecule has 0 spiro atoms. The average molecular weight is 376 g/mol. The van der Waals surface area contributed by atoms with Crippen LogP contribution in [-0.2, 0) is 0 Å². The van der Waals surface area contributed by atoms with E-state index in [0.29, 0.717) is 0 Å². The van der Waals surface area contributed by atoms with Gasteiger partial charge in [-0.3, -0.25) is 0 Å². The van der Waals surface area contributed by atoms with Gasteiger partial charge in [0.2, 0.25) is 0 Å². The van der Waals surface area contributed by atoms with Crippen molar-refractivity contribution in [2.24, 2.45) is 0 Å². The van der Waals surface area contributed by atoms with Crippen LogP contribution >= 0.6 is 11.3 Å². The first-order chi connectivity index (χ1) is 10.2. The molecule has 0 aliphatic rings. The summed E-state index contributed by atoms with van der Waals surface area (Å²) in [5.41, 5.74) is 3.08. The van der Waals surface area contributed by atoms with Crippen LogP contribution in [0.1, 0.15) is 10.4 Å². The number of rotatable bonds is 4. The lowest BCUT2D eigenvalue weighted by atomic mass is 10.2. The van der Waals surface area contributed by atoms with E-state index in [0.717, 1.165) is 22.1 Å². The molecular weight excluding hydrogens is 364 g/mol. The Hall–Kier alpha value is -2.18. The molecule has 0 amide bonds. The SMILES string of the molecule is O=C(O)c1ccc(Nc2nc(-c3ccccc3)cs2)cc1.[Br-]. The molecule has 4 nitrogen and oxygen atoms in total. The Balaban J connectivity index is 0.00000176. The summed E-state index contributed by atoms with van der Waals surface area (Å²) >= 11 is 1.51. The maximum atomic E-state index is 10.8. The van der Waals surface area contributed by atoms with Gasteiger partial charge in [-0.25, -0.2) is 9.78 Å². The van der Waals surface area contributed by atoms with Gasteiger partial charge in [0.25, 0.3) is 0 Å². The zero-order chi connectivity index (χ0) is 14.7. The minimum atomic E-state index is -0.929. The highest BCUT2D eigenvalue weighted by atomic mass is 79.9. The van der Waals surface area contributed by atoms with Crippen molar-refractivity contribution in [1.82, 2.24) is 4.98 Å².